The largest absolute Gasteiger partial charge is 0.337 e. The van der Waals surface area contributed by atoms with Gasteiger partial charge in [-0.15, -0.1) is 0 Å². The summed E-state index contributed by atoms with van der Waals surface area (Å²) in [7, 11) is 0. The molecule has 3 heterocycles. The van der Waals surface area contributed by atoms with Gasteiger partial charge in [-0.05, 0) is 19.9 Å². The SMILES string of the molecule is CCn1nc(C)cc1C(=O)N1CCN(c2ncc(F)cn2)CC1. The van der Waals surface area contributed by atoms with E-state index in [1.54, 1.807) is 4.68 Å². The first-order valence-corrected chi connectivity index (χ1v) is 7.64. The van der Waals surface area contributed by atoms with Gasteiger partial charge in [-0.2, -0.15) is 5.10 Å². The van der Waals surface area contributed by atoms with Crippen molar-refractivity contribution in [1.29, 1.82) is 0 Å². The molecule has 122 valence electrons. The second-order valence-electron chi connectivity index (χ2n) is 5.47. The monoisotopic (exact) mass is 318 g/mol. The number of aromatic nitrogens is 4. The molecule has 1 fully saturated rings. The fourth-order valence-corrected chi connectivity index (χ4v) is 2.70. The lowest BCUT2D eigenvalue weighted by atomic mass is 10.2. The van der Waals surface area contributed by atoms with Gasteiger partial charge in [-0.1, -0.05) is 0 Å². The van der Waals surface area contributed by atoms with Crippen LogP contribution in [0.2, 0.25) is 0 Å². The summed E-state index contributed by atoms with van der Waals surface area (Å²) in [5, 5.41) is 4.32. The van der Waals surface area contributed by atoms with Crippen molar-refractivity contribution in [3.05, 3.63) is 35.7 Å². The van der Waals surface area contributed by atoms with Crippen molar-refractivity contribution in [2.75, 3.05) is 31.1 Å². The summed E-state index contributed by atoms with van der Waals surface area (Å²) in [6.07, 6.45) is 2.31. The van der Waals surface area contributed by atoms with Crippen LogP contribution < -0.4 is 4.90 Å². The summed E-state index contributed by atoms with van der Waals surface area (Å²) in [6.45, 7) is 6.91. The van der Waals surface area contributed by atoms with Crippen LogP contribution in [-0.2, 0) is 6.54 Å². The Morgan fingerprint density at radius 2 is 1.87 bits per heavy atom. The number of amides is 1. The molecule has 1 aliphatic rings. The van der Waals surface area contributed by atoms with E-state index in [-0.39, 0.29) is 5.91 Å². The first-order chi connectivity index (χ1) is 11.1. The third kappa shape index (κ3) is 3.15. The van der Waals surface area contributed by atoms with E-state index in [1.165, 1.54) is 0 Å². The number of hydrogen-bond donors (Lipinski definition) is 0. The van der Waals surface area contributed by atoms with Crippen LogP contribution in [0.4, 0.5) is 10.3 Å². The molecule has 2 aromatic heterocycles. The summed E-state index contributed by atoms with van der Waals surface area (Å²) >= 11 is 0. The highest BCUT2D eigenvalue weighted by Crippen LogP contribution is 2.14. The molecule has 7 nitrogen and oxygen atoms in total. The highest BCUT2D eigenvalue weighted by molar-refractivity contribution is 5.92. The molecule has 23 heavy (non-hydrogen) atoms. The smallest absolute Gasteiger partial charge is 0.272 e. The van der Waals surface area contributed by atoms with Crippen LogP contribution in [0.5, 0.6) is 0 Å². The second kappa shape index (κ2) is 6.31. The highest BCUT2D eigenvalue weighted by Gasteiger charge is 2.25. The van der Waals surface area contributed by atoms with Crippen LogP contribution >= 0.6 is 0 Å². The Kier molecular flexibility index (Phi) is 4.22. The number of anilines is 1. The number of nitrogens with zero attached hydrogens (tertiary/aromatic N) is 6. The summed E-state index contributed by atoms with van der Waals surface area (Å²) in [6, 6.07) is 1.82. The van der Waals surface area contributed by atoms with Crippen molar-refractivity contribution in [2.24, 2.45) is 0 Å². The van der Waals surface area contributed by atoms with E-state index in [4.69, 9.17) is 0 Å². The van der Waals surface area contributed by atoms with Crippen LogP contribution in [0.25, 0.3) is 0 Å². The molecule has 0 aliphatic carbocycles. The summed E-state index contributed by atoms with van der Waals surface area (Å²) in [5.41, 5.74) is 1.46. The molecule has 0 bridgehead atoms. The molecule has 1 saturated heterocycles. The standard InChI is InChI=1S/C15H19FN6O/c1-3-22-13(8-11(2)19-22)14(23)20-4-6-21(7-5-20)15-17-9-12(16)10-18-15/h8-10H,3-7H2,1-2H3. The van der Waals surface area contributed by atoms with Crippen LogP contribution in [0, 0.1) is 12.7 Å². The van der Waals surface area contributed by atoms with Crippen LogP contribution in [0.1, 0.15) is 23.1 Å². The van der Waals surface area contributed by atoms with Gasteiger partial charge in [0.15, 0.2) is 5.82 Å². The van der Waals surface area contributed by atoms with Crippen molar-refractivity contribution >= 4 is 11.9 Å². The molecule has 0 unspecified atom stereocenters. The zero-order valence-corrected chi connectivity index (χ0v) is 13.2. The Hall–Kier alpha value is -2.51. The molecule has 0 radical (unpaired) electrons. The van der Waals surface area contributed by atoms with E-state index in [0.29, 0.717) is 44.4 Å². The Labute approximate surface area is 133 Å². The Balaban J connectivity index is 1.66. The van der Waals surface area contributed by atoms with Crippen LogP contribution in [0.3, 0.4) is 0 Å². The highest BCUT2D eigenvalue weighted by atomic mass is 19.1. The van der Waals surface area contributed by atoms with Crippen molar-refractivity contribution in [3.8, 4) is 0 Å². The average Bonchev–Trinajstić information content (AvgIpc) is 2.96. The second-order valence-corrected chi connectivity index (χ2v) is 5.47. The van der Waals surface area contributed by atoms with Gasteiger partial charge in [0.05, 0.1) is 18.1 Å². The van der Waals surface area contributed by atoms with E-state index < -0.39 is 5.82 Å². The minimum Gasteiger partial charge on any atom is -0.337 e. The number of aryl methyl sites for hydroxylation is 2. The number of piperazine rings is 1. The van der Waals surface area contributed by atoms with Crippen LogP contribution in [0.15, 0.2) is 18.5 Å². The lowest BCUT2D eigenvalue weighted by molar-refractivity contribution is 0.0733. The first-order valence-electron chi connectivity index (χ1n) is 7.64. The lowest BCUT2D eigenvalue weighted by Gasteiger charge is -2.34. The molecule has 1 amide bonds. The van der Waals surface area contributed by atoms with Crippen molar-refractivity contribution < 1.29 is 9.18 Å². The van der Waals surface area contributed by atoms with E-state index in [1.807, 2.05) is 29.7 Å². The molecular weight excluding hydrogens is 299 g/mol. The van der Waals surface area contributed by atoms with Gasteiger partial charge in [0.1, 0.15) is 5.69 Å². The van der Waals surface area contributed by atoms with E-state index in [9.17, 15) is 9.18 Å². The summed E-state index contributed by atoms with van der Waals surface area (Å²) in [5.74, 6) is 0.0332. The molecule has 0 atom stereocenters. The Morgan fingerprint density at radius 3 is 2.48 bits per heavy atom. The topological polar surface area (TPSA) is 67.2 Å². The van der Waals surface area contributed by atoms with E-state index in [2.05, 4.69) is 15.1 Å². The maximum Gasteiger partial charge on any atom is 0.272 e. The number of carbonyl (C=O) groups excluding carboxylic acids is 1. The number of carbonyl (C=O) groups is 1. The number of halogens is 1. The number of rotatable bonds is 3. The normalized spacial score (nSPS) is 15.1. The van der Waals surface area contributed by atoms with Crippen LogP contribution in [-0.4, -0.2) is 56.7 Å². The zero-order valence-electron chi connectivity index (χ0n) is 13.2. The predicted molar refractivity (Wildman–Crippen MR) is 82.7 cm³/mol. The molecule has 1 aliphatic heterocycles. The van der Waals surface area contributed by atoms with Gasteiger partial charge in [-0.3, -0.25) is 9.48 Å². The zero-order chi connectivity index (χ0) is 16.4. The number of hydrogen-bond acceptors (Lipinski definition) is 5. The predicted octanol–water partition coefficient (Wildman–Crippen LogP) is 1.10. The average molecular weight is 318 g/mol. The third-order valence-corrected chi connectivity index (χ3v) is 3.88. The molecule has 2 aromatic rings. The molecule has 0 aromatic carbocycles. The molecular formula is C15H19FN6O. The maximum absolute atomic E-state index is 12.9. The molecule has 0 N–H and O–H groups in total. The fourth-order valence-electron chi connectivity index (χ4n) is 2.70. The van der Waals surface area contributed by atoms with Gasteiger partial charge in [0.25, 0.3) is 5.91 Å². The van der Waals surface area contributed by atoms with Crippen molar-refractivity contribution in [3.63, 3.8) is 0 Å². The van der Waals surface area contributed by atoms with E-state index in [0.717, 1.165) is 18.1 Å². The van der Waals surface area contributed by atoms with Gasteiger partial charge >= 0.3 is 0 Å². The third-order valence-electron chi connectivity index (χ3n) is 3.88. The van der Waals surface area contributed by atoms with Gasteiger partial charge in [0.2, 0.25) is 5.95 Å². The molecule has 0 saturated carbocycles. The Bertz CT molecular complexity index is 690. The maximum atomic E-state index is 12.9. The molecule has 0 spiro atoms. The first kappa shape index (κ1) is 15.4. The minimum atomic E-state index is -0.453. The van der Waals surface area contributed by atoms with Gasteiger partial charge in [0, 0.05) is 32.7 Å². The van der Waals surface area contributed by atoms with Crippen molar-refractivity contribution in [2.45, 2.75) is 20.4 Å². The van der Waals surface area contributed by atoms with Gasteiger partial charge in [-0.25, -0.2) is 14.4 Å². The lowest BCUT2D eigenvalue weighted by Crippen LogP contribution is -2.49. The summed E-state index contributed by atoms with van der Waals surface area (Å²) in [4.78, 5) is 24.4. The van der Waals surface area contributed by atoms with Crippen molar-refractivity contribution in [1.82, 2.24) is 24.6 Å². The Morgan fingerprint density at radius 1 is 1.22 bits per heavy atom. The van der Waals surface area contributed by atoms with E-state index >= 15 is 0 Å². The fraction of sp³-hybridized carbons (Fsp3) is 0.467. The minimum absolute atomic E-state index is 0.00729. The summed E-state index contributed by atoms with van der Waals surface area (Å²) < 4.78 is 14.6. The quantitative estimate of drug-likeness (QED) is 0.848. The molecule has 8 heteroatoms. The molecule has 3 rings (SSSR count). The van der Waals surface area contributed by atoms with Gasteiger partial charge < -0.3 is 9.80 Å².